The summed E-state index contributed by atoms with van der Waals surface area (Å²) in [7, 11) is 0. The Kier molecular flexibility index (Phi) is 4.38. The summed E-state index contributed by atoms with van der Waals surface area (Å²) >= 11 is 7.52. The number of halogens is 1. The second-order valence-electron chi connectivity index (χ2n) is 4.58. The van der Waals surface area contributed by atoms with Gasteiger partial charge in [-0.15, -0.1) is 11.6 Å². The van der Waals surface area contributed by atoms with E-state index in [9.17, 15) is 0 Å². The lowest BCUT2D eigenvalue weighted by atomic mass is 10.2. The summed E-state index contributed by atoms with van der Waals surface area (Å²) in [4.78, 5) is 0. The Bertz CT molecular complexity index is 563. The molecule has 0 bridgehead atoms. The molecule has 2 aromatic carbocycles. The lowest BCUT2D eigenvalue weighted by Gasteiger charge is -2.34. The largest absolute Gasteiger partial charge is 0.476 e. The molecule has 0 saturated carbocycles. The molecule has 0 amide bonds. The number of fused-ring (bicyclic) bond motifs is 1. The fourth-order valence-corrected chi connectivity index (χ4v) is 3.50. The SMILES string of the molecule is ClCCCC1Oc2ccccc2N(c2ccccc2)S1. The molecule has 0 aromatic heterocycles. The predicted molar refractivity (Wildman–Crippen MR) is 87.0 cm³/mol. The van der Waals surface area contributed by atoms with Crippen molar-refractivity contribution >= 4 is 34.9 Å². The van der Waals surface area contributed by atoms with E-state index in [4.69, 9.17) is 16.3 Å². The van der Waals surface area contributed by atoms with Crippen LogP contribution in [0.25, 0.3) is 0 Å². The van der Waals surface area contributed by atoms with Crippen LogP contribution in [0, 0.1) is 0 Å². The molecule has 1 heterocycles. The number of ether oxygens (including phenoxy) is 1. The number of hydrogen-bond acceptors (Lipinski definition) is 3. The number of rotatable bonds is 4. The molecule has 0 spiro atoms. The first-order valence-electron chi connectivity index (χ1n) is 6.72. The number of benzene rings is 2. The third-order valence-corrected chi connectivity index (χ3v) is 4.58. The zero-order valence-corrected chi connectivity index (χ0v) is 12.6. The summed E-state index contributed by atoms with van der Waals surface area (Å²) in [5.41, 5.74) is 2.39. The molecule has 0 radical (unpaired) electrons. The van der Waals surface area contributed by atoms with E-state index in [1.807, 2.05) is 24.3 Å². The van der Waals surface area contributed by atoms with Crippen LogP contribution in [-0.2, 0) is 0 Å². The Morgan fingerprint density at radius 1 is 1.05 bits per heavy atom. The summed E-state index contributed by atoms with van der Waals surface area (Å²) in [6.07, 6.45) is 1.91. The highest BCUT2D eigenvalue weighted by Crippen LogP contribution is 2.45. The fourth-order valence-electron chi connectivity index (χ4n) is 2.18. The van der Waals surface area contributed by atoms with Crippen molar-refractivity contribution < 1.29 is 4.74 Å². The molecule has 0 N–H and O–H groups in total. The van der Waals surface area contributed by atoms with Gasteiger partial charge in [0.25, 0.3) is 0 Å². The maximum Gasteiger partial charge on any atom is 0.163 e. The van der Waals surface area contributed by atoms with Gasteiger partial charge in [-0.1, -0.05) is 30.3 Å². The average Bonchev–Trinajstić information content (AvgIpc) is 2.53. The molecule has 4 heteroatoms. The van der Waals surface area contributed by atoms with Gasteiger partial charge in [0.1, 0.15) is 5.75 Å². The molecule has 104 valence electrons. The van der Waals surface area contributed by atoms with Gasteiger partial charge >= 0.3 is 0 Å². The maximum atomic E-state index is 6.05. The molecule has 1 atom stereocenters. The van der Waals surface area contributed by atoms with E-state index in [-0.39, 0.29) is 5.44 Å². The van der Waals surface area contributed by atoms with Gasteiger partial charge in [-0.05, 0) is 37.1 Å². The lowest BCUT2D eigenvalue weighted by Crippen LogP contribution is -2.25. The molecule has 2 aromatic rings. The zero-order valence-electron chi connectivity index (χ0n) is 11.0. The predicted octanol–water partition coefficient (Wildman–Crippen LogP) is 5.21. The molecule has 0 aliphatic carbocycles. The Labute approximate surface area is 128 Å². The van der Waals surface area contributed by atoms with Crippen molar-refractivity contribution in [3.8, 4) is 5.75 Å². The van der Waals surface area contributed by atoms with E-state index >= 15 is 0 Å². The van der Waals surface area contributed by atoms with Crippen LogP contribution in [0.3, 0.4) is 0 Å². The van der Waals surface area contributed by atoms with Crippen molar-refractivity contribution in [3.05, 3.63) is 54.6 Å². The van der Waals surface area contributed by atoms with E-state index in [1.165, 1.54) is 5.69 Å². The second kappa shape index (κ2) is 6.42. The molecule has 20 heavy (non-hydrogen) atoms. The van der Waals surface area contributed by atoms with Gasteiger partial charge in [0, 0.05) is 17.8 Å². The first-order chi connectivity index (χ1) is 9.88. The van der Waals surface area contributed by atoms with E-state index in [1.54, 1.807) is 11.9 Å². The fraction of sp³-hybridized carbons (Fsp3) is 0.250. The average molecular weight is 306 g/mol. The quantitative estimate of drug-likeness (QED) is 0.568. The Balaban J connectivity index is 1.91. The molecule has 1 aliphatic heterocycles. The van der Waals surface area contributed by atoms with Crippen LogP contribution < -0.4 is 9.04 Å². The van der Waals surface area contributed by atoms with Gasteiger partial charge in [0.2, 0.25) is 0 Å². The van der Waals surface area contributed by atoms with Crippen molar-refractivity contribution in [1.82, 2.24) is 0 Å². The molecular formula is C16H16ClNOS. The van der Waals surface area contributed by atoms with Crippen molar-refractivity contribution in [3.63, 3.8) is 0 Å². The minimum absolute atomic E-state index is 0.115. The van der Waals surface area contributed by atoms with Gasteiger partial charge in [-0.3, -0.25) is 4.31 Å². The molecule has 3 rings (SSSR count). The van der Waals surface area contributed by atoms with Gasteiger partial charge in [-0.2, -0.15) is 0 Å². The first-order valence-corrected chi connectivity index (χ1v) is 8.09. The van der Waals surface area contributed by atoms with Crippen LogP contribution >= 0.6 is 23.5 Å². The van der Waals surface area contributed by atoms with Crippen molar-refractivity contribution in [1.29, 1.82) is 0 Å². The summed E-state index contributed by atoms with van der Waals surface area (Å²) < 4.78 is 8.30. The first kappa shape index (κ1) is 13.7. The van der Waals surface area contributed by atoms with Crippen LogP contribution in [0.2, 0.25) is 0 Å². The molecule has 1 unspecified atom stereocenters. The summed E-state index contributed by atoms with van der Waals surface area (Å²) in [5.74, 6) is 1.61. The van der Waals surface area contributed by atoms with Crippen LogP contribution in [0.5, 0.6) is 5.75 Å². The molecule has 2 nitrogen and oxygen atoms in total. The molecule has 1 aliphatic rings. The number of anilines is 2. The van der Waals surface area contributed by atoms with Gasteiger partial charge < -0.3 is 4.74 Å². The number of para-hydroxylation sites is 3. The Morgan fingerprint density at radius 3 is 2.60 bits per heavy atom. The Hall–Kier alpha value is -1.32. The van der Waals surface area contributed by atoms with Crippen LogP contribution in [0.15, 0.2) is 54.6 Å². The van der Waals surface area contributed by atoms with Gasteiger partial charge in [0.15, 0.2) is 5.44 Å². The zero-order chi connectivity index (χ0) is 13.8. The van der Waals surface area contributed by atoms with E-state index in [0.717, 1.165) is 24.3 Å². The highest BCUT2D eigenvalue weighted by atomic mass is 35.5. The van der Waals surface area contributed by atoms with Crippen LogP contribution in [0.4, 0.5) is 11.4 Å². The van der Waals surface area contributed by atoms with E-state index in [0.29, 0.717) is 5.88 Å². The van der Waals surface area contributed by atoms with Gasteiger partial charge in [0.05, 0.1) is 11.4 Å². The van der Waals surface area contributed by atoms with E-state index < -0.39 is 0 Å². The van der Waals surface area contributed by atoms with Crippen LogP contribution in [0.1, 0.15) is 12.8 Å². The normalized spacial score (nSPS) is 17.4. The second-order valence-corrected chi connectivity index (χ2v) is 6.06. The minimum Gasteiger partial charge on any atom is -0.476 e. The molecule has 0 saturated heterocycles. The number of hydrogen-bond donors (Lipinski definition) is 0. The summed E-state index contributed by atoms with van der Waals surface area (Å²) in [5, 5.41) is 0. The highest BCUT2D eigenvalue weighted by molar-refractivity contribution is 8.01. The monoisotopic (exact) mass is 305 g/mol. The van der Waals surface area contributed by atoms with Crippen molar-refractivity contribution in [2.45, 2.75) is 18.3 Å². The Morgan fingerprint density at radius 2 is 1.80 bits per heavy atom. The van der Waals surface area contributed by atoms with Gasteiger partial charge in [-0.25, -0.2) is 0 Å². The van der Waals surface area contributed by atoms with E-state index in [2.05, 4.69) is 34.6 Å². The minimum atomic E-state index is 0.115. The smallest absolute Gasteiger partial charge is 0.163 e. The molecular weight excluding hydrogens is 290 g/mol. The highest BCUT2D eigenvalue weighted by Gasteiger charge is 2.27. The molecule has 0 fully saturated rings. The number of alkyl halides is 1. The number of nitrogens with zero attached hydrogens (tertiary/aromatic N) is 1. The van der Waals surface area contributed by atoms with Crippen molar-refractivity contribution in [2.24, 2.45) is 0 Å². The lowest BCUT2D eigenvalue weighted by molar-refractivity contribution is 0.273. The standard InChI is InChI=1S/C16H16ClNOS/c17-12-6-11-16-19-15-10-5-4-9-14(15)18(20-16)13-7-2-1-3-8-13/h1-5,7-10,16H,6,11-12H2. The van der Waals surface area contributed by atoms with Crippen molar-refractivity contribution in [2.75, 3.05) is 10.2 Å². The third kappa shape index (κ3) is 2.89. The van der Waals surface area contributed by atoms with Crippen LogP contribution in [-0.4, -0.2) is 11.3 Å². The summed E-state index contributed by atoms with van der Waals surface area (Å²) in [6, 6.07) is 18.6. The summed E-state index contributed by atoms with van der Waals surface area (Å²) in [6.45, 7) is 0. The third-order valence-electron chi connectivity index (χ3n) is 3.13. The maximum absolute atomic E-state index is 6.05. The topological polar surface area (TPSA) is 12.5 Å².